The molecule has 33 heavy (non-hydrogen) atoms. The number of hydrogen-bond acceptors (Lipinski definition) is 5. The third-order valence-electron chi connectivity index (χ3n) is 6.62. The molecule has 0 unspecified atom stereocenters. The Morgan fingerprint density at radius 2 is 1.94 bits per heavy atom. The molecule has 0 spiro atoms. The number of benzene rings is 1. The van der Waals surface area contributed by atoms with E-state index in [0.717, 1.165) is 71.9 Å². The van der Waals surface area contributed by atoms with Crippen LogP contribution in [0.15, 0.2) is 36.4 Å². The third-order valence-corrected chi connectivity index (χ3v) is 6.62. The molecule has 2 aromatic rings. The summed E-state index contributed by atoms with van der Waals surface area (Å²) in [5, 5.41) is 3.16. The molecule has 176 valence electrons. The summed E-state index contributed by atoms with van der Waals surface area (Å²) < 4.78 is 11.5. The second-order valence-electron chi connectivity index (χ2n) is 8.79. The summed E-state index contributed by atoms with van der Waals surface area (Å²) in [6.07, 6.45) is 6.89. The number of ether oxygens (including phenoxy) is 2. The number of nitrogens with one attached hydrogen (secondary N) is 1. The molecule has 3 heterocycles. The average molecular weight is 450 g/mol. The number of pyridine rings is 1. The molecule has 6 heteroatoms. The molecule has 1 aromatic carbocycles. The van der Waals surface area contributed by atoms with E-state index in [0.29, 0.717) is 32.2 Å². The summed E-state index contributed by atoms with van der Waals surface area (Å²) in [4.78, 5) is 20.5. The predicted molar refractivity (Wildman–Crippen MR) is 131 cm³/mol. The Kier molecular flexibility index (Phi) is 7.78. The van der Waals surface area contributed by atoms with Gasteiger partial charge in [-0.05, 0) is 74.9 Å². The third kappa shape index (κ3) is 5.45. The van der Waals surface area contributed by atoms with E-state index >= 15 is 0 Å². The highest BCUT2D eigenvalue weighted by Gasteiger charge is 2.25. The number of fused-ring (bicyclic) bond motifs is 2. The topological polar surface area (TPSA) is 63.7 Å². The van der Waals surface area contributed by atoms with Crippen LogP contribution >= 0.6 is 0 Å². The molecule has 0 atom stereocenters. The van der Waals surface area contributed by atoms with Crippen molar-refractivity contribution in [1.82, 2.24) is 10.3 Å². The first-order valence-corrected chi connectivity index (χ1v) is 12.0. The van der Waals surface area contributed by atoms with Gasteiger partial charge in [-0.3, -0.25) is 9.78 Å². The van der Waals surface area contributed by atoms with E-state index in [1.54, 1.807) is 0 Å². The van der Waals surface area contributed by atoms with Gasteiger partial charge in [0, 0.05) is 55.0 Å². The minimum atomic E-state index is -0.0469. The molecule has 1 amide bonds. The van der Waals surface area contributed by atoms with Crippen LogP contribution in [0.2, 0.25) is 0 Å². The van der Waals surface area contributed by atoms with Gasteiger partial charge >= 0.3 is 0 Å². The minimum Gasteiger partial charge on any atom is -0.381 e. The van der Waals surface area contributed by atoms with Gasteiger partial charge in [-0.25, -0.2) is 0 Å². The maximum Gasteiger partial charge on any atom is 0.251 e. The van der Waals surface area contributed by atoms with Crippen molar-refractivity contribution in [1.29, 1.82) is 0 Å². The quantitative estimate of drug-likeness (QED) is 0.710. The van der Waals surface area contributed by atoms with Crippen LogP contribution in [-0.2, 0) is 29.0 Å². The highest BCUT2D eigenvalue weighted by molar-refractivity contribution is 5.97. The first-order valence-electron chi connectivity index (χ1n) is 12.0. The highest BCUT2D eigenvalue weighted by atomic mass is 16.5. The maximum absolute atomic E-state index is 13.4. The molecule has 1 saturated heterocycles. The van der Waals surface area contributed by atoms with Crippen molar-refractivity contribution in [3.63, 3.8) is 0 Å². The van der Waals surface area contributed by atoms with Crippen LogP contribution in [0.3, 0.4) is 0 Å². The van der Waals surface area contributed by atoms with Gasteiger partial charge < -0.3 is 19.7 Å². The van der Waals surface area contributed by atoms with Gasteiger partial charge in [0.15, 0.2) is 0 Å². The lowest BCUT2D eigenvalue weighted by Crippen LogP contribution is -2.40. The van der Waals surface area contributed by atoms with Gasteiger partial charge in [-0.2, -0.15) is 0 Å². The monoisotopic (exact) mass is 449 g/mol. The van der Waals surface area contributed by atoms with E-state index in [4.69, 9.17) is 9.47 Å². The summed E-state index contributed by atoms with van der Waals surface area (Å²) in [6.45, 7) is 10.1. The van der Waals surface area contributed by atoms with Gasteiger partial charge in [-0.15, -0.1) is 0 Å². The van der Waals surface area contributed by atoms with E-state index in [1.807, 2.05) is 26.0 Å². The van der Waals surface area contributed by atoms with Crippen LogP contribution in [0, 0.1) is 13.8 Å². The molecule has 2 aliphatic rings. The van der Waals surface area contributed by atoms with Crippen molar-refractivity contribution in [3.05, 3.63) is 70.1 Å². The average Bonchev–Trinajstić information content (AvgIpc) is 2.83. The van der Waals surface area contributed by atoms with E-state index in [1.165, 1.54) is 0 Å². The number of amides is 1. The Labute approximate surface area is 197 Å². The molecule has 1 fully saturated rings. The van der Waals surface area contributed by atoms with E-state index in [9.17, 15) is 4.79 Å². The fraction of sp³-hybridized carbons (Fsp3) is 0.481. The van der Waals surface area contributed by atoms with Crippen molar-refractivity contribution in [3.8, 4) is 0 Å². The van der Waals surface area contributed by atoms with Crippen LogP contribution in [0.1, 0.15) is 58.2 Å². The molecule has 0 saturated carbocycles. The number of allylic oxidation sites excluding steroid dienone is 1. The largest absolute Gasteiger partial charge is 0.381 e. The first kappa shape index (κ1) is 23.5. The SMILES string of the molecule is CCN(c1cccc2c1CC=CCOCc1cc(C)nc(C)c1CNC2=O)C1CCOCC1. The Hall–Kier alpha value is -2.70. The molecule has 4 rings (SSSR count). The molecule has 1 aromatic heterocycles. The van der Waals surface area contributed by atoms with Crippen molar-refractivity contribution in [2.45, 2.75) is 59.2 Å². The maximum atomic E-state index is 13.4. The first-order chi connectivity index (χ1) is 16.1. The molecule has 0 bridgehead atoms. The fourth-order valence-corrected chi connectivity index (χ4v) is 4.97. The van der Waals surface area contributed by atoms with Gasteiger partial charge in [0.2, 0.25) is 0 Å². The van der Waals surface area contributed by atoms with Crippen LogP contribution in [0.5, 0.6) is 0 Å². The number of nitrogens with zero attached hydrogens (tertiary/aromatic N) is 2. The van der Waals surface area contributed by atoms with Gasteiger partial charge in [0.05, 0.1) is 13.2 Å². The Morgan fingerprint density at radius 3 is 2.73 bits per heavy atom. The predicted octanol–water partition coefficient (Wildman–Crippen LogP) is 4.26. The van der Waals surface area contributed by atoms with Gasteiger partial charge in [0.1, 0.15) is 0 Å². The van der Waals surface area contributed by atoms with E-state index in [2.05, 4.69) is 46.4 Å². The Bertz CT molecular complexity index is 1010. The lowest BCUT2D eigenvalue weighted by molar-refractivity contribution is 0.0845. The van der Waals surface area contributed by atoms with Gasteiger partial charge in [-0.1, -0.05) is 18.2 Å². The lowest BCUT2D eigenvalue weighted by Gasteiger charge is -2.37. The number of aromatic nitrogens is 1. The minimum absolute atomic E-state index is 0.0469. The number of carbonyl (C=O) groups is 1. The van der Waals surface area contributed by atoms with Crippen molar-refractivity contribution < 1.29 is 14.3 Å². The smallest absolute Gasteiger partial charge is 0.251 e. The summed E-state index contributed by atoms with van der Waals surface area (Å²) >= 11 is 0. The standard InChI is InChI=1S/C27H35N3O3/c1-4-30(22-11-14-32-15-12-22)26-10-7-9-24-23(26)8-5-6-13-33-18-21-16-19(2)29-20(3)25(21)17-28-27(24)31/h5-7,9-10,16,22H,4,8,11-15,17-18H2,1-3H3,(H,28,31). The summed E-state index contributed by atoms with van der Waals surface area (Å²) in [7, 11) is 0. The second kappa shape index (κ2) is 10.9. The summed E-state index contributed by atoms with van der Waals surface area (Å²) in [5.74, 6) is -0.0469. The Morgan fingerprint density at radius 1 is 1.12 bits per heavy atom. The van der Waals surface area contributed by atoms with E-state index < -0.39 is 0 Å². The van der Waals surface area contributed by atoms with Crippen LogP contribution in [0.4, 0.5) is 5.69 Å². The molecule has 1 N–H and O–H groups in total. The molecule has 0 aliphatic carbocycles. The zero-order chi connectivity index (χ0) is 23.2. The number of anilines is 1. The summed E-state index contributed by atoms with van der Waals surface area (Å²) in [5.41, 5.74) is 6.96. The van der Waals surface area contributed by atoms with Crippen molar-refractivity contribution in [2.75, 3.05) is 31.3 Å². The molecule has 2 aliphatic heterocycles. The fourth-order valence-electron chi connectivity index (χ4n) is 4.97. The number of hydrogen-bond donors (Lipinski definition) is 1. The zero-order valence-electron chi connectivity index (χ0n) is 20.0. The highest BCUT2D eigenvalue weighted by Crippen LogP contribution is 2.30. The lowest BCUT2D eigenvalue weighted by atomic mass is 9.97. The normalized spacial score (nSPS) is 17.7. The number of rotatable bonds is 3. The van der Waals surface area contributed by atoms with Crippen LogP contribution in [-0.4, -0.2) is 43.3 Å². The molecular formula is C27H35N3O3. The number of aryl methyl sites for hydroxylation is 2. The van der Waals surface area contributed by atoms with Crippen LogP contribution < -0.4 is 10.2 Å². The molecule has 6 nitrogen and oxygen atoms in total. The van der Waals surface area contributed by atoms with E-state index in [-0.39, 0.29) is 5.91 Å². The second-order valence-corrected chi connectivity index (χ2v) is 8.79. The zero-order valence-corrected chi connectivity index (χ0v) is 20.0. The Balaban J connectivity index is 1.69. The van der Waals surface area contributed by atoms with Gasteiger partial charge in [0.25, 0.3) is 5.91 Å². The summed E-state index contributed by atoms with van der Waals surface area (Å²) in [6, 6.07) is 8.58. The number of carbonyl (C=O) groups excluding carboxylic acids is 1. The van der Waals surface area contributed by atoms with Crippen molar-refractivity contribution >= 4 is 11.6 Å². The molecule has 0 radical (unpaired) electrons. The van der Waals surface area contributed by atoms with Crippen LogP contribution in [0.25, 0.3) is 0 Å². The van der Waals surface area contributed by atoms with Crippen molar-refractivity contribution in [2.24, 2.45) is 0 Å². The molecular weight excluding hydrogens is 414 g/mol.